The van der Waals surface area contributed by atoms with Gasteiger partial charge in [-0.1, -0.05) is 13.0 Å². The Morgan fingerprint density at radius 2 is 2.15 bits per heavy atom. The molecule has 1 aromatic carbocycles. The first kappa shape index (κ1) is 16.3. The molecular formula is C15H24N2O3. The molecule has 0 aliphatic rings. The molecule has 1 atom stereocenters. The largest absolute Gasteiger partial charge is 0.494 e. The molecule has 0 saturated heterocycles. The van der Waals surface area contributed by atoms with Gasteiger partial charge in [0.15, 0.2) is 0 Å². The molecule has 0 unspecified atom stereocenters. The second-order valence-corrected chi connectivity index (χ2v) is 4.85. The number of hydrogen-bond acceptors (Lipinski definition) is 3. The van der Waals surface area contributed by atoms with E-state index in [-0.39, 0.29) is 12.6 Å². The molecule has 0 saturated carbocycles. The smallest absolute Gasteiger partial charge is 0.315 e. The van der Waals surface area contributed by atoms with Crippen LogP contribution in [-0.2, 0) is 6.54 Å². The summed E-state index contributed by atoms with van der Waals surface area (Å²) in [7, 11) is 0. The molecule has 2 amide bonds. The highest BCUT2D eigenvalue weighted by Crippen LogP contribution is 2.17. The monoisotopic (exact) mass is 280 g/mol. The Balaban J connectivity index is 2.45. The van der Waals surface area contributed by atoms with Crippen molar-refractivity contribution in [3.8, 4) is 5.75 Å². The Kier molecular flexibility index (Phi) is 6.87. The fourth-order valence-corrected chi connectivity index (χ4v) is 1.65. The molecule has 0 aliphatic carbocycles. The number of amides is 2. The first-order chi connectivity index (χ1) is 9.52. The summed E-state index contributed by atoms with van der Waals surface area (Å²) in [6.45, 7) is 7.08. The molecule has 3 N–H and O–H groups in total. The van der Waals surface area contributed by atoms with Crippen molar-refractivity contribution in [3.05, 3.63) is 29.3 Å². The van der Waals surface area contributed by atoms with Crippen LogP contribution in [0.3, 0.4) is 0 Å². The highest BCUT2D eigenvalue weighted by Gasteiger charge is 2.05. The number of carbonyl (C=O) groups excluding carboxylic acids is 1. The van der Waals surface area contributed by atoms with Crippen LogP contribution in [0.25, 0.3) is 0 Å². The van der Waals surface area contributed by atoms with Crippen LogP contribution in [0.5, 0.6) is 5.75 Å². The molecule has 0 heterocycles. The van der Waals surface area contributed by atoms with Crippen LogP contribution in [0.1, 0.15) is 31.4 Å². The lowest BCUT2D eigenvalue weighted by atomic mass is 10.1. The van der Waals surface area contributed by atoms with Gasteiger partial charge in [0.05, 0.1) is 12.7 Å². The van der Waals surface area contributed by atoms with Crippen molar-refractivity contribution in [3.63, 3.8) is 0 Å². The van der Waals surface area contributed by atoms with Crippen molar-refractivity contribution in [2.24, 2.45) is 0 Å². The number of aryl methyl sites for hydroxylation is 1. The third-order valence-corrected chi connectivity index (χ3v) is 2.78. The molecule has 5 heteroatoms. The topological polar surface area (TPSA) is 70.6 Å². The number of nitrogens with one attached hydrogen (secondary N) is 2. The summed E-state index contributed by atoms with van der Waals surface area (Å²) in [5, 5.41) is 14.4. The van der Waals surface area contributed by atoms with E-state index in [4.69, 9.17) is 9.84 Å². The molecule has 0 spiro atoms. The number of carbonyl (C=O) groups is 1. The fraction of sp³-hybridized carbons (Fsp3) is 0.533. The van der Waals surface area contributed by atoms with Crippen LogP contribution in [-0.4, -0.2) is 30.4 Å². The van der Waals surface area contributed by atoms with Crippen molar-refractivity contribution in [1.29, 1.82) is 0 Å². The number of benzene rings is 1. The second-order valence-electron chi connectivity index (χ2n) is 4.85. The quantitative estimate of drug-likeness (QED) is 0.715. The molecular weight excluding hydrogens is 256 g/mol. The molecule has 0 aromatic heterocycles. The Morgan fingerprint density at radius 1 is 1.40 bits per heavy atom. The zero-order valence-electron chi connectivity index (χ0n) is 12.4. The average molecular weight is 280 g/mol. The SMILES string of the molecule is CCCOc1ccc(CNC(=O)NC[C@@H](C)O)c(C)c1. The van der Waals surface area contributed by atoms with Gasteiger partial charge in [-0.25, -0.2) is 4.79 Å². The number of hydrogen-bond donors (Lipinski definition) is 3. The summed E-state index contributed by atoms with van der Waals surface area (Å²) in [6, 6.07) is 5.56. The highest BCUT2D eigenvalue weighted by atomic mass is 16.5. The lowest BCUT2D eigenvalue weighted by Crippen LogP contribution is -2.38. The van der Waals surface area contributed by atoms with E-state index in [0.717, 1.165) is 23.3 Å². The van der Waals surface area contributed by atoms with E-state index in [9.17, 15) is 4.79 Å². The summed E-state index contributed by atoms with van der Waals surface area (Å²) in [4.78, 5) is 11.5. The van der Waals surface area contributed by atoms with Crippen LogP contribution in [0, 0.1) is 6.92 Å². The minimum Gasteiger partial charge on any atom is -0.494 e. The van der Waals surface area contributed by atoms with Gasteiger partial charge in [0.25, 0.3) is 0 Å². The normalized spacial score (nSPS) is 11.8. The Morgan fingerprint density at radius 3 is 2.75 bits per heavy atom. The average Bonchev–Trinajstić information content (AvgIpc) is 2.41. The van der Waals surface area contributed by atoms with E-state index in [1.165, 1.54) is 0 Å². The number of aliphatic hydroxyl groups excluding tert-OH is 1. The molecule has 5 nitrogen and oxygen atoms in total. The maximum atomic E-state index is 11.5. The van der Waals surface area contributed by atoms with Gasteiger partial charge in [0.2, 0.25) is 0 Å². The lowest BCUT2D eigenvalue weighted by Gasteiger charge is -2.12. The lowest BCUT2D eigenvalue weighted by molar-refractivity contribution is 0.187. The molecule has 1 aromatic rings. The maximum Gasteiger partial charge on any atom is 0.315 e. The molecule has 20 heavy (non-hydrogen) atoms. The van der Waals surface area contributed by atoms with Gasteiger partial charge >= 0.3 is 6.03 Å². The molecule has 0 fully saturated rings. The van der Waals surface area contributed by atoms with Gasteiger partial charge in [0.1, 0.15) is 5.75 Å². The minimum atomic E-state index is -0.544. The molecule has 0 radical (unpaired) electrons. The molecule has 112 valence electrons. The molecule has 0 aliphatic heterocycles. The van der Waals surface area contributed by atoms with Gasteiger partial charge in [-0.05, 0) is 43.5 Å². The van der Waals surface area contributed by atoms with Crippen molar-refractivity contribution in [1.82, 2.24) is 10.6 Å². The third kappa shape index (κ3) is 5.93. The first-order valence-electron chi connectivity index (χ1n) is 6.95. The van der Waals surface area contributed by atoms with E-state index < -0.39 is 6.10 Å². The maximum absolute atomic E-state index is 11.5. The zero-order valence-corrected chi connectivity index (χ0v) is 12.4. The van der Waals surface area contributed by atoms with Crippen molar-refractivity contribution >= 4 is 6.03 Å². The van der Waals surface area contributed by atoms with Crippen LogP contribution in [0.15, 0.2) is 18.2 Å². The summed E-state index contributed by atoms with van der Waals surface area (Å²) in [6.07, 6.45) is 0.434. The van der Waals surface area contributed by atoms with Crippen LogP contribution < -0.4 is 15.4 Å². The zero-order chi connectivity index (χ0) is 15.0. The fourth-order valence-electron chi connectivity index (χ4n) is 1.65. The van der Waals surface area contributed by atoms with E-state index in [2.05, 4.69) is 17.6 Å². The van der Waals surface area contributed by atoms with Crippen LogP contribution >= 0.6 is 0 Å². The van der Waals surface area contributed by atoms with Crippen LogP contribution in [0.2, 0.25) is 0 Å². The molecule has 1 rings (SSSR count). The summed E-state index contributed by atoms with van der Waals surface area (Å²) in [5.41, 5.74) is 2.12. The first-order valence-corrected chi connectivity index (χ1v) is 6.95. The van der Waals surface area contributed by atoms with Gasteiger partial charge in [-0.15, -0.1) is 0 Å². The predicted octanol–water partition coefficient (Wildman–Crippen LogP) is 1.96. The standard InChI is InChI=1S/C15H24N2O3/c1-4-7-20-14-6-5-13(11(2)8-14)10-17-15(19)16-9-12(3)18/h5-6,8,12,18H,4,7,9-10H2,1-3H3,(H2,16,17,19)/t12-/m1/s1. The van der Waals surface area contributed by atoms with E-state index in [1.807, 2.05) is 25.1 Å². The summed E-state index contributed by atoms with van der Waals surface area (Å²) < 4.78 is 5.55. The summed E-state index contributed by atoms with van der Waals surface area (Å²) >= 11 is 0. The van der Waals surface area contributed by atoms with Crippen molar-refractivity contribution in [2.45, 2.75) is 39.8 Å². The van der Waals surface area contributed by atoms with Gasteiger partial charge in [-0.3, -0.25) is 0 Å². The van der Waals surface area contributed by atoms with Gasteiger partial charge in [-0.2, -0.15) is 0 Å². The van der Waals surface area contributed by atoms with E-state index in [1.54, 1.807) is 6.92 Å². The van der Waals surface area contributed by atoms with Crippen LogP contribution in [0.4, 0.5) is 4.79 Å². The number of urea groups is 1. The number of rotatable bonds is 7. The third-order valence-electron chi connectivity index (χ3n) is 2.78. The number of ether oxygens (including phenoxy) is 1. The van der Waals surface area contributed by atoms with Crippen molar-refractivity contribution < 1.29 is 14.6 Å². The van der Waals surface area contributed by atoms with Gasteiger partial charge < -0.3 is 20.5 Å². The van der Waals surface area contributed by atoms with Gasteiger partial charge in [0, 0.05) is 13.1 Å². The number of aliphatic hydroxyl groups is 1. The Hall–Kier alpha value is -1.75. The predicted molar refractivity (Wildman–Crippen MR) is 78.9 cm³/mol. The minimum absolute atomic E-state index is 0.245. The highest BCUT2D eigenvalue weighted by molar-refractivity contribution is 5.73. The van der Waals surface area contributed by atoms with Crippen molar-refractivity contribution in [2.75, 3.05) is 13.2 Å². The Bertz CT molecular complexity index is 433. The Labute approximate surface area is 120 Å². The second kappa shape index (κ2) is 8.43. The summed E-state index contributed by atoms with van der Waals surface area (Å²) in [5.74, 6) is 0.853. The molecule has 0 bridgehead atoms. The van der Waals surface area contributed by atoms with E-state index in [0.29, 0.717) is 13.2 Å². The van der Waals surface area contributed by atoms with E-state index >= 15 is 0 Å².